The lowest BCUT2D eigenvalue weighted by Gasteiger charge is -2.34. The average molecular weight is 358 g/mol. The molecule has 2 aromatic heterocycles. The van der Waals surface area contributed by atoms with Crippen molar-refractivity contribution in [3.63, 3.8) is 0 Å². The van der Waals surface area contributed by atoms with Crippen molar-refractivity contribution in [2.45, 2.75) is 52.4 Å². The number of aromatic amines is 1. The van der Waals surface area contributed by atoms with Crippen molar-refractivity contribution in [1.82, 2.24) is 20.3 Å². The first-order valence-electron chi connectivity index (χ1n) is 9.35. The van der Waals surface area contributed by atoms with Gasteiger partial charge in [0, 0.05) is 42.6 Å². The van der Waals surface area contributed by atoms with Crippen molar-refractivity contribution in [1.29, 1.82) is 0 Å². The Morgan fingerprint density at radius 1 is 1.31 bits per heavy atom. The molecule has 1 aliphatic rings. The van der Waals surface area contributed by atoms with Gasteiger partial charge >= 0.3 is 0 Å². The molecule has 1 fully saturated rings. The Bertz CT molecular complexity index is 814. The summed E-state index contributed by atoms with van der Waals surface area (Å²) in [5.74, 6) is 1.11. The summed E-state index contributed by atoms with van der Waals surface area (Å²) in [7, 11) is 0. The van der Waals surface area contributed by atoms with Crippen molar-refractivity contribution in [2.75, 3.05) is 13.1 Å². The van der Waals surface area contributed by atoms with Crippen LogP contribution in [0.3, 0.4) is 0 Å². The van der Waals surface area contributed by atoms with E-state index in [0.717, 1.165) is 50.2 Å². The zero-order valence-electron chi connectivity index (χ0n) is 15.6. The van der Waals surface area contributed by atoms with Gasteiger partial charge in [-0.3, -0.25) is 9.59 Å². The predicted molar refractivity (Wildman–Crippen MR) is 97.7 cm³/mol. The molecule has 0 aliphatic carbocycles. The largest absolute Gasteiger partial charge is 0.356 e. The topological polar surface area (TPSA) is 92.1 Å². The van der Waals surface area contributed by atoms with E-state index in [4.69, 9.17) is 4.52 Å². The van der Waals surface area contributed by atoms with Crippen molar-refractivity contribution < 1.29 is 9.32 Å². The molecule has 26 heavy (non-hydrogen) atoms. The summed E-state index contributed by atoms with van der Waals surface area (Å²) in [4.78, 5) is 26.3. The molecule has 2 aromatic rings. The van der Waals surface area contributed by atoms with E-state index >= 15 is 0 Å². The summed E-state index contributed by atoms with van der Waals surface area (Å²) in [6.45, 7) is 7.41. The number of hydrogen-bond donors (Lipinski definition) is 1. The highest BCUT2D eigenvalue weighted by Crippen LogP contribution is 2.33. The van der Waals surface area contributed by atoms with Crippen LogP contribution in [-0.2, 0) is 4.79 Å². The number of hydrogen-bond acceptors (Lipinski definition) is 5. The van der Waals surface area contributed by atoms with Crippen LogP contribution in [0.25, 0.3) is 11.3 Å². The van der Waals surface area contributed by atoms with Gasteiger partial charge in [-0.25, -0.2) is 5.10 Å². The van der Waals surface area contributed by atoms with Gasteiger partial charge in [0.2, 0.25) is 5.91 Å². The lowest BCUT2D eigenvalue weighted by atomic mass is 9.89. The van der Waals surface area contributed by atoms with E-state index in [-0.39, 0.29) is 23.3 Å². The zero-order chi connectivity index (χ0) is 18.7. The summed E-state index contributed by atoms with van der Waals surface area (Å²) in [5, 5.41) is 10.7. The molecule has 0 bridgehead atoms. The maximum atomic E-state index is 12.6. The fourth-order valence-corrected chi connectivity index (χ4v) is 3.68. The number of carbonyl (C=O) groups is 1. The number of H-pyrrole nitrogens is 1. The van der Waals surface area contributed by atoms with Gasteiger partial charge in [-0.15, -0.1) is 0 Å². The van der Waals surface area contributed by atoms with Gasteiger partial charge < -0.3 is 9.42 Å². The van der Waals surface area contributed by atoms with Gasteiger partial charge in [-0.2, -0.15) is 5.10 Å². The second kappa shape index (κ2) is 7.85. The van der Waals surface area contributed by atoms with E-state index in [1.165, 1.54) is 6.07 Å². The Balaban J connectivity index is 1.78. The Kier molecular flexibility index (Phi) is 5.54. The molecule has 0 spiro atoms. The number of likely N-dealkylation sites (tertiary alicyclic amines) is 1. The summed E-state index contributed by atoms with van der Waals surface area (Å²) in [5.41, 5.74) is 2.01. The molecule has 0 aromatic carbocycles. The van der Waals surface area contributed by atoms with Crippen molar-refractivity contribution in [3.8, 4) is 11.3 Å². The fraction of sp³-hybridized carbons (Fsp3) is 0.579. The number of carbonyl (C=O) groups excluding carboxylic acids is 1. The molecule has 0 saturated carbocycles. The van der Waals surface area contributed by atoms with E-state index in [1.807, 2.05) is 17.9 Å². The first kappa shape index (κ1) is 18.4. The monoisotopic (exact) mass is 358 g/mol. The number of nitrogens with zero attached hydrogens (tertiary/aromatic N) is 3. The highest BCUT2D eigenvalue weighted by molar-refractivity contribution is 5.78. The first-order chi connectivity index (χ1) is 12.5. The van der Waals surface area contributed by atoms with E-state index < -0.39 is 0 Å². The van der Waals surface area contributed by atoms with Gasteiger partial charge in [0.1, 0.15) is 0 Å². The van der Waals surface area contributed by atoms with Gasteiger partial charge in [0.25, 0.3) is 5.56 Å². The van der Waals surface area contributed by atoms with Crippen LogP contribution in [-0.4, -0.2) is 39.3 Å². The number of amides is 1. The summed E-state index contributed by atoms with van der Waals surface area (Å²) >= 11 is 0. The van der Waals surface area contributed by atoms with E-state index in [0.29, 0.717) is 11.3 Å². The summed E-state index contributed by atoms with van der Waals surface area (Å²) in [6, 6.07) is 3.33. The van der Waals surface area contributed by atoms with Crippen LogP contribution >= 0.6 is 0 Å². The van der Waals surface area contributed by atoms with E-state index in [2.05, 4.69) is 29.2 Å². The Morgan fingerprint density at radius 3 is 2.58 bits per heavy atom. The minimum Gasteiger partial charge on any atom is -0.356 e. The molecule has 1 saturated heterocycles. The number of aryl methyl sites for hydroxylation is 1. The van der Waals surface area contributed by atoms with Crippen molar-refractivity contribution in [3.05, 3.63) is 33.9 Å². The number of piperidine rings is 1. The summed E-state index contributed by atoms with van der Waals surface area (Å²) < 4.78 is 5.35. The third-order valence-corrected chi connectivity index (χ3v) is 5.26. The standard InChI is InChI=1S/C19H26N4O3/c1-4-13(5-2)19(25)23-8-6-14(7-9-23)18-15(11-17(24)20-21-18)16-10-12(3)22-26-16/h10-11,13-14H,4-9H2,1-3H3,(H,20,24). The third kappa shape index (κ3) is 3.71. The SMILES string of the molecule is CCC(CC)C(=O)N1CCC(c2n[nH]c(=O)cc2-c2cc(C)no2)CC1. The maximum Gasteiger partial charge on any atom is 0.264 e. The highest BCUT2D eigenvalue weighted by Gasteiger charge is 2.29. The molecule has 140 valence electrons. The first-order valence-corrected chi connectivity index (χ1v) is 9.35. The zero-order valence-corrected chi connectivity index (χ0v) is 15.6. The van der Waals surface area contributed by atoms with Gasteiger partial charge in [0.15, 0.2) is 5.76 Å². The second-order valence-electron chi connectivity index (χ2n) is 6.98. The molecule has 1 N–H and O–H groups in total. The minimum atomic E-state index is -0.265. The lowest BCUT2D eigenvalue weighted by molar-refractivity contribution is -0.136. The van der Waals surface area contributed by atoms with E-state index in [9.17, 15) is 9.59 Å². The van der Waals surface area contributed by atoms with Gasteiger partial charge in [-0.05, 0) is 32.6 Å². The Morgan fingerprint density at radius 2 is 2.00 bits per heavy atom. The van der Waals surface area contributed by atoms with Crippen LogP contribution in [0.15, 0.2) is 21.5 Å². The van der Waals surface area contributed by atoms with Crippen molar-refractivity contribution in [2.24, 2.45) is 5.92 Å². The quantitative estimate of drug-likeness (QED) is 0.887. The molecule has 7 nitrogen and oxygen atoms in total. The van der Waals surface area contributed by atoms with Crippen LogP contribution in [0.1, 0.15) is 56.8 Å². The average Bonchev–Trinajstić information content (AvgIpc) is 3.09. The molecule has 0 unspecified atom stereocenters. The normalized spacial score (nSPS) is 15.6. The molecule has 0 radical (unpaired) electrons. The predicted octanol–water partition coefficient (Wildman–Crippen LogP) is 2.88. The molecule has 3 heterocycles. The molecule has 1 amide bonds. The smallest absolute Gasteiger partial charge is 0.264 e. The molecule has 7 heteroatoms. The second-order valence-corrected chi connectivity index (χ2v) is 6.98. The molecule has 0 atom stereocenters. The highest BCUT2D eigenvalue weighted by atomic mass is 16.5. The molecule has 3 rings (SSSR count). The van der Waals surface area contributed by atoms with Crippen LogP contribution in [0, 0.1) is 12.8 Å². The number of nitrogens with one attached hydrogen (secondary N) is 1. The third-order valence-electron chi connectivity index (χ3n) is 5.26. The van der Waals surface area contributed by atoms with Gasteiger partial charge in [0.05, 0.1) is 11.4 Å². The maximum absolute atomic E-state index is 12.6. The summed E-state index contributed by atoms with van der Waals surface area (Å²) in [6.07, 6.45) is 3.41. The van der Waals surface area contributed by atoms with Crippen LogP contribution < -0.4 is 5.56 Å². The van der Waals surface area contributed by atoms with Crippen molar-refractivity contribution >= 4 is 5.91 Å². The number of aromatic nitrogens is 3. The Hall–Kier alpha value is -2.44. The Labute approximate surface area is 152 Å². The minimum absolute atomic E-state index is 0.116. The number of rotatable bonds is 5. The lowest BCUT2D eigenvalue weighted by Crippen LogP contribution is -2.41. The molecular formula is C19H26N4O3. The van der Waals surface area contributed by atoms with Crippen LogP contribution in [0.2, 0.25) is 0 Å². The van der Waals surface area contributed by atoms with Gasteiger partial charge in [-0.1, -0.05) is 19.0 Å². The molecular weight excluding hydrogens is 332 g/mol. The van der Waals surface area contributed by atoms with E-state index in [1.54, 1.807) is 0 Å². The molecule has 1 aliphatic heterocycles. The van der Waals surface area contributed by atoms with Crippen LogP contribution in [0.4, 0.5) is 0 Å². The fourth-order valence-electron chi connectivity index (χ4n) is 3.68. The van der Waals surface area contributed by atoms with Crippen LogP contribution in [0.5, 0.6) is 0 Å².